The van der Waals surface area contributed by atoms with Crippen molar-refractivity contribution in [3.05, 3.63) is 18.2 Å². The Labute approximate surface area is 221 Å². The summed E-state index contributed by atoms with van der Waals surface area (Å²) in [6.45, 7) is 15.2. The van der Waals surface area contributed by atoms with Crippen molar-refractivity contribution in [1.29, 1.82) is 0 Å². The molecular formula is C26H41BN2O7S. The molecule has 11 heteroatoms. The fraction of sp³-hybridized carbons (Fsp3) is 0.731. The molecule has 1 aliphatic carbocycles. The van der Waals surface area contributed by atoms with Crippen LogP contribution in [0.3, 0.4) is 0 Å². The van der Waals surface area contributed by atoms with Gasteiger partial charge < -0.3 is 23.7 Å². The Balaban J connectivity index is 1.45. The number of nitrogens with zero attached hydrogens (tertiary/aromatic N) is 1. The lowest BCUT2D eigenvalue weighted by Gasteiger charge is -2.33. The number of benzene rings is 1. The van der Waals surface area contributed by atoms with Gasteiger partial charge in [0.1, 0.15) is 11.4 Å². The lowest BCUT2D eigenvalue weighted by molar-refractivity contribution is 0.00578. The van der Waals surface area contributed by atoms with Crippen LogP contribution in [0.15, 0.2) is 18.2 Å². The lowest BCUT2D eigenvalue weighted by Crippen LogP contribution is -2.42. The number of hydrogen-bond donors (Lipinski definition) is 1. The van der Waals surface area contributed by atoms with Crippen molar-refractivity contribution in [1.82, 2.24) is 4.90 Å². The molecule has 3 fully saturated rings. The van der Waals surface area contributed by atoms with Gasteiger partial charge in [-0.25, -0.2) is 13.2 Å². The molecule has 4 rings (SSSR count). The van der Waals surface area contributed by atoms with Crippen LogP contribution in [-0.4, -0.2) is 68.3 Å². The van der Waals surface area contributed by atoms with Crippen molar-refractivity contribution in [2.24, 2.45) is 5.92 Å². The van der Waals surface area contributed by atoms with Crippen LogP contribution < -0.4 is 14.9 Å². The number of carbonyl (C=O) groups is 1. The highest BCUT2D eigenvalue weighted by Gasteiger charge is 2.52. The molecule has 1 N–H and O–H groups in total. The minimum absolute atomic E-state index is 0.276. The van der Waals surface area contributed by atoms with Gasteiger partial charge >= 0.3 is 13.2 Å². The summed E-state index contributed by atoms with van der Waals surface area (Å²) < 4.78 is 52.1. The summed E-state index contributed by atoms with van der Waals surface area (Å²) in [5.74, 6) is 0.875. The zero-order chi connectivity index (χ0) is 27.2. The number of piperidine rings is 1. The molecule has 2 heterocycles. The Kier molecular flexibility index (Phi) is 7.55. The van der Waals surface area contributed by atoms with Gasteiger partial charge in [0.2, 0.25) is 10.0 Å². The van der Waals surface area contributed by atoms with Gasteiger partial charge in [-0.3, -0.25) is 4.72 Å². The molecular weight excluding hydrogens is 495 g/mol. The number of hydrogen-bond acceptors (Lipinski definition) is 7. The molecule has 0 spiro atoms. The number of ether oxygens (including phenoxy) is 2. The van der Waals surface area contributed by atoms with Crippen LogP contribution >= 0.6 is 0 Å². The van der Waals surface area contributed by atoms with E-state index in [4.69, 9.17) is 18.8 Å². The maximum atomic E-state index is 12.5. The largest absolute Gasteiger partial charge is 0.498 e. The van der Waals surface area contributed by atoms with E-state index >= 15 is 0 Å². The van der Waals surface area contributed by atoms with Crippen LogP contribution in [0.1, 0.15) is 74.1 Å². The first kappa shape index (κ1) is 28.0. The number of carbonyl (C=O) groups excluding carboxylic acids is 1. The van der Waals surface area contributed by atoms with Gasteiger partial charge in [-0.2, -0.15) is 0 Å². The highest BCUT2D eigenvalue weighted by Crippen LogP contribution is 2.38. The van der Waals surface area contributed by atoms with Gasteiger partial charge in [0.25, 0.3) is 0 Å². The Morgan fingerprint density at radius 3 is 2.22 bits per heavy atom. The predicted molar refractivity (Wildman–Crippen MR) is 144 cm³/mol. The molecule has 9 nitrogen and oxygen atoms in total. The first-order valence-corrected chi connectivity index (χ1v) is 14.7. The summed E-state index contributed by atoms with van der Waals surface area (Å²) in [4.78, 5) is 14.1. The molecule has 1 amide bonds. The van der Waals surface area contributed by atoms with Gasteiger partial charge in [0, 0.05) is 24.2 Å². The molecule has 37 heavy (non-hydrogen) atoms. The first-order valence-electron chi connectivity index (χ1n) is 13.2. The highest BCUT2D eigenvalue weighted by atomic mass is 32.2. The Morgan fingerprint density at radius 2 is 1.68 bits per heavy atom. The van der Waals surface area contributed by atoms with Crippen LogP contribution in [0, 0.1) is 5.92 Å². The van der Waals surface area contributed by atoms with E-state index in [2.05, 4.69) is 4.72 Å². The Bertz CT molecular complexity index is 1090. The summed E-state index contributed by atoms with van der Waals surface area (Å²) in [5, 5.41) is -0.324. The second-order valence-electron chi connectivity index (χ2n) is 12.4. The average Bonchev–Trinajstić information content (AvgIpc) is 3.59. The third-order valence-corrected chi connectivity index (χ3v) is 9.35. The predicted octanol–water partition coefficient (Wildman–Crippen LogP) is 3.92. The summed E-state index contributed by atoms with van der Waals surface area (Å²) >= 11 is 0. The third-order valence-electron chi connectivity index (χ3n) is 7.48. The van der Waals surface area contributed by atoms with Gasteiger partial charge in [0.05, 0.1) is 23.1 Å². The van der Waals surface area contributed by atoms with E-state index in [1.165, 1.54) is 0 Å². The third kappa shape index (κ3) is 6.73. The molecule has 0 unspecified atom stereocenters. The topological polar surface area (TPSA) is 103 Å². The fourth-order valence-electron chi connectivity index (χ4n) is 4.34. The number of anilines is 1. The summed E-state index contributed by atoms with van der Waals surface area (Å²) in [5.41, 5.74) is -0.490. The standard InChI is InChI=1S/C26H41BN2O7S/c1-24(2,3)34-23(30)29-14-12-18(13-15-29)17-33-22-11-8-19(28-37(31,32)20-9-10-20)16-21(22)27-35-25(4,5)26(6,7)36-27/h8,11,16,18,20,28H,9-10,12-15,17H2,1-7H3. The monoisotopic (exact) mass is 536 g/mol. The molecule has 3 aliphatic rings. The first-order chi connectivity index (χ1) is 17.1. The molecule has 0 bridgehead atoms. The van der Waals surface area contributed by atoms with E-state index < -0.39 is 33.9 Å². The Hall–Kier alpha value is -1.98. The van der Waals surface area contributed by atoms with E-state index in [1.54, 1.807) is 23.1 Å². The molecule has 1 aromatic rings. The van der Waals surface area contributed by atoms with E-state index in [9.17, 15) is 13.2 Å². The van der Waals surface area contributed by atoms with Crippen LogP contribution in [0.2, 0.25) is 0 Å². The maximum absolute atomic E-state index is 12.5. The molecule has 0 atom stereocenters. The number of sulfonamides is 1. The van der Waals surface area contributed by atoms with Gasteiger partial charge in [-0.1, -0.05) is 0 Å². The summed E-state index contributed by atoms with van der Waals surface area (Å²) in [6.07, 6.45) is 2.72. The second kappa shape index (κ2) is 9.96. The fourth-order valence-corrected chi connectivity index (χ4v) is 5.72. The minimum Gasteiger partial charge on any atom is -0.494 e. The van der Waals surface area contributed by atoms with Crippen LogP contribution in [0.5, 0.6) is 5.75 Å². The van der Waals surface area contributed by atoms with E-state index in [0.29, 0.717) is 49.4 Å². The minimum atomic E-state index is -3.41. The highest BCUT2D eigenvalue weighted by molar-refractivity contribution is 7.93. The van der Waals surface area contributed by atoms with Crippen molar-refractivity contribution in [2.45, 2.75) is 96.2 Å². The molecule has 1 saturated carbocycles. The SMILES string of the molecule is CC(C)(C)OC(=O)N1CCC(COc2ccc(NS(=O)(=O)C3CC3)cc2B2OC(C)(C)C(C)(C)O2)CC1. The number of nitrogens with one attached hydrogen (secondary N) is 1. The quantitative estimate of drug-likeness (QED) is 0.527. The van der Waals surface area contributed by atoms with Crippen molar-refractivity contribution in [2.75, 3.05) is 24.4 Å². The normalized spacial score (nSPS) is 22.1. The lowest BCUT2D eigenvalue weighted by atomic mass is 9.78. The average molecular weight is 537 g/mol. The molecule has 1 aromatic carbocycles. The van der Waals surface area contributed by atoms with Gasteiger partial charge in [0.15, 0.2) is 0 Å². The van der Waals surface area contributed by atoms with Crippen LogP contribution in [-0.2, 0) is 24.1 Å². The van der Waals surface area contributed by atoms with Crippen molar-refractivity contribution in [3.8, 4) is 5.75 Å². The van der Waals surface area contributed by atoms with Gasteiger partial charge in [-0.15, -0.1) is 0 Å². The zero-order valence-corrected chi connectivity index (χ0v) is 23.9. The molecule has 206 valence electrons. The molecule has 2 saturated heterocycles. The smallest absolute Gasteiger partial charge is 0.494 e. The van der Waals surface area contributed by atoms with Crippen LogP contribution in [0.4, 0.5) is 10.5 Å². The molecule has 0 radical (unpaired) electrons. The van der Waals surface area contributed by atoms with E-state index in [1.807, 2.05) is 48.5 Å². The number of amides is 1. The van der Waals surface area contributed by atoms with Crippen molar-refractivity contribution >= 4 is 34.4 Å². The number of likely N-dealkylation sites (tertiary alicyclic amines) is 1. The zero-order valence-electron chi connectivity index (χ0n) is 23.1. The summed E-state index contributed by atoms with van der Waals surface area (Å²) in [7, 11) is -4.10. The Morgan fingerprint density at radius 1 is 1.08 bits per heavy atom. The van der Waals surface area contributed by atoms with Crippen molar-refractivity contribution < 1.29 is 32.0 Å². The van der Waals surface area contributed by atoms with E-state index in [-0.39, 0.29) is 17.3 Å². The van der Waals surface area contributed by atoms with Gasteiger partial charge in [-0.05, 0) is 98.3 Å². The van der Waals surface area contributed by atoms with Crippen molar-refractivity contribution in [3.63, 3.8) is 0 Å². The molecule has 0 aromatic heterocycles. The second-order valence-corrected chi connectivity index (χ2v) is 14.4. The molecule has 2 aliphatic heterocycles. The van der Waals surface area contributed by atoms with Crippen LogP contribution in [0.25, 0.3) is 0 Å². The van der Waals surface area contributed by atoms with E-state index in [0.717, 1.165) is 12.8 Å². The maximum Gasteiger partial charge on any atom is 0.498 e. The summed E-state index contributed by atoms with van der Waals surface area (Å²) in [6, 6.07) is 5.25. The number of rotatable bonds is 7.